The van der Waals surface area contributed by atoms with Crippen LogP contribution >= 0.6 is 22.6 Å². The highest BCUT2D eigenvalue weighted by Crippen LogP contribution is 2.24. The van der Waals surface area contributed by atoms with Crippen molar-refractivity contribution in [3.63, 3.8) is 0 Å². The lowest BCUT2D eigenvalue weighted by molar-refractivity contribution is -0.249. The van der Waals surface area contributed by atoms with Crippen molar-refractivity contribution >= 4 is 28.7 Å². The van der Waals surface area contributed by atoms with E-state index in [2.05, 4.69) is 36.4 Å². The minimum absolute atomic E-state index is 0.380. The van der Waals surface area contributed by atoms with Crippen molar-refractivity contribution in [2.75, 3.05) is 20.8 Å². The van der Waals surface area contributed by atoms with Gasteiger partial charge in [0.1, 0.15) is 0 Å². The third-order valence-corrected chi connectivity index (χ3v) is 3.79. The van der Waals surface area contributed by atoms with Crippen molar-refractivity contribution < 1.29 is 19.1 Å². The molecule has 1 rings (SSSR count). The summed E-state index contributed by atoms with van der Waals surface area (Å²) < 4.78 is 11.4. The summed E-state index contributed by atoms with van der Waals surface area (Å²) in [6, 6.07) is 7.68. The number of nitrogens with zero attached hydrogens (tertiary/aromatic N) is 1. The van der Waals surface area contributed by atoms with Crippen LogP contribution in [0.25, 0.3) is 0 Å². The minimum Gasteiger partial charge on any atom is -0.448 e. The van der Waals surface area contributed by atoms with Crippen LogP contribution in [0.4, 0.5) is 4.79 Å². The number of hydrogen-bond acceptors (Lipinski definition) is 4. The van der Waals surface area contributed by atoms with E-state index in [-0.39, 0.29) is 0 Å². The molecular formula is C15H22INO4. The van der Waals surface area contributed by atoms with Gasteiger partial charge < -0.3 is 9.47 Å². The van der Waals surface area contributed by atoms with Gasteiger partial charge in [-0.25, -0.2) is 9.63 Å². The van der Waals surface area contributed by atoms with Gasteiger partial charge in [0, 0.05) is 23.3 Å². The molecule has 0 spiro atoms. The Bertz CT molecular complexity index is 453. The Hall–Kier alpha value is -0.860. The molecule has 0 aliphatic carbocycles. The Balaban J connectivity index is 2.56. The van der Waals surface area contributed by atoms with E-state index >= 15 is 0 Å². The van der Waals surface area contributed by atoms with Crippen LogP contribution in [-0.2, 0) is 14.3 Å². The molecule has 6 heteroatoms. The summed E-state index contributed by atoms with van der Waals surface area (Å²) in [5.74, 6) is 0.488. The van der Waals surface area contributed by atoms with E-state index in [0.717, 1.165) is 20.6 Å². The van der Waals surface area contributed by atoms with Crippen LogP contribution in [0.3, 0.4) is 0 Å². The molecule has 21 heavy (non-hydrogen) atoms. The third kappa shape index (κ3) is 6.19. The maximum Gasteiger partial charge on any atom is 0.433 e. The van der Waals surface area contributed by atoms with E-state index in [1.807, 2.05) is 24.3 Å². The largest absolute Gasteiger partial charge is 0.448 e. The van der Waals surface area contributed by atoms with E-state index in [4.69, 9.17) is 14.3 Å². The predicted octanol–water partition coefficient (Wildman–Crippen LogP) is 3.98. The average Bonchev–Trinajstić information content (AvgIpc) is 2.44. The van der Waals surface area contributed by atoms with Gasteiger partial charge in [0.05, 0.1) is 6.61 Å². The highest BCUT2D eigenvalue weighted by molar-refractivity contribution is 14.1. The zero-order chi connectivity index (χ0) is 15.8. The van der Waals surface area contributed by atoms with Gasteiger partial charge >= 0.3 is 6.09 Å². The van der Waals surface area contributed by atoms with E-state index in [0.29, 0.717) is 12.5 Å². The molecule has 5 nitrogen and oxygen atoms in total. The highest BCUT2D eigenvalue weighted by Gasteiger charge is 2.20. The molecule has 0 bridgehead atoms. The van der Waals surface area contributed by atoms with Gasteiger partial charge in [-0.3, -0.25) is 0 Å². The van der Waals surface area contributed by atoms with E-state index in [1.165, 1.54) is 14.2 Å². The molecule has 0 saturated carbocycles. The standard InChI is InChI=1S/C15H22INO4/c1-11(2)9-10-20-15(18)17(3)21-14(19-4)12-7-5-6-8-13(12)16/h5-8,11,14H,9-10H2,1-4H3/t14-/m0/s1. The van der Waals surface area contributed by atoms with Gasteiger partial charge in [-0.1, -0.05) is 32.0 Å². The Kier molecular flexibility index (Phi) is 7.98. The van der Waals surface area contributed by atoms with Crippen molar-refractivity contribution in [3.05, 3.63) is 33.4 Å². The summed E-state index contributed by atoms with van der Waals surface area (Å²) in [6.07, 6.45) is -0.353. The maximum absolute atomic E-state index is 11.8. The minimum atomic E-state index is -0.652. The SMILES string of the molecule is CO[C@@H](ON(C)C(=O)OCCC(C)C)c1ccccc1I. The smallest absolute Gasteiger partial charge is 0.433 e. The molecular weight excluding hydrogens is 385 g/mol. The lowest BCUT2D eigenvalue weighted by Gasteiger charge is -2.23. The fourth-order valence-corrected chi connectivity index (χ4v) is 2.19. The van der Waals surface area contributed by atoms with E-state index < -0.39 is 12.4 Å². The topological polar surface area (TPSA) is 48.0 Å². The van der Waals surface area contributed by atoms with Crippen molar-refractivity contribution in [2.24, 2.45) is 5.92 Å². The Morgan fingerprint density at radius 2 is 2.00 bits per heavy atom. The molecule has 0 radical (unpaired) electrons. The number of carbonyl (C=O) groups is 1. The molecule has 0 aliphatic heterocycles. The van der Waals surface area contributed by atoms with Crippen LogP contribution in [0.5, 0.6) is 0 Å². The number of rotatable bonds is 7. The fourth-order valence-electron chi connectivity index (χ4n) is 1.55. The first-order valence-electron chi connectivity index (χ1n) is 6.80. The van der Waals surface area contributed by atoms with Gasteiger partial charge in [-0.05, 0) is 41.0 Å². The fraction of sp³-hybridized carbons (Fsp3) is 0.533. The molecule has 0 unspecified atom stereocenters. The van der Waals surface area contributed by atoms with Gasteiger partial charge in [-0.15, -0.1) is 0 Å². The molecule has 0 aliphatic rings. The second-order valence-corrected chi connectivity index (χ2v) is 6.15. The summed E-state index contributed by atoms with van der Waals surface area (Å²) in [7, 11) is 3.05. The van der Waals surface area contributed by atoms with Crippen LogP contribution in [0.15, 0.2) is 24.3 Å². The lowest BCUT2D eigenvalue weighted by atomic mass is 10.1. The summed E-state index contributed by atoms with van der Waals surface area (Å²) in [5.41, 5.74) is 0.863. The van der Waals surface area contributed by atoms with Gasteiger partial charge in [0.2, 0.25) is 6.29 Å². The zero-order valence-electron chi connectivity index (χ0n) is 12.8. The van der Waals surface area contributed by atoms with Gasteiger partial charge in [-0.2, -0.15) is 5.06 Å². The highest BCUT2D eigenvalue weighted by atomic mass is 127. The zero-order valence-corrected chi connectivity index (χ0v) is 15.0. The number of hydroxylamine groups is 2. The normalized spacial score (nSPS) is 12.3. The molecule has 1 atom stereocenters. The Morgan fingerprint density at radius 3 is 2.57 bits per heavy atom. The maximum atomic E-state index is 11.8. The summed E-state index contributed by atoms with van der Waals surface area (Å²) >= 11 is 2.20. The molecule has 1 aromatic rings. The second kappa shape index (κ2) is 9.22. The van der Waals surface area contributed by atoms with Crippen LogP contribution in [0, 0.1) is 9.49 Å². The van der Waals surface area contributed by atoms with E-state index in [1.54, 1.807) is 0 Å². The number of carbonyl (C=O) groups excluding carboxylic acids is 1. The lowest BCUT2D eigenvalue weighted by Crippen LogP contribution is -2.30. The van der Waals surface area contributed by atoms with Gasteiger partial charge in [0.25, 0.3) is 0 Å². The van der Waals surface area contributed by atoms with E-state index in [9.17, 15) is 4.79 Å². The Labute approximate surface area is 139 Å². The molecule has 1 aromatic carbocycles. The summed E-state index contributed by atoms with van der Waals surface area (Å²) in [4.78, 5) is 17.3. The predicted molar refractivity (Wildman–Crippen MR) is 88.6 cm³/mol. The first-order valence-corrected chi connectivity index (χ1v) is 7.88. The average molecular weight is 407 g/mol. The van der Waals surface area contributed by atoms with Crippen LogP contribution < -0.4 is 0 Å². The van der Waals surface area contributed by atoms with Crippen LogP contribution in [0.2, 0.25) is 0 Å². The molecule has 0 fully saturated rings. The van der Waals surface area contributed by atoms with Crippen molar-refractivity contribution in [2.45, 2.75) is 26.6 Å². The quantitative estimate of drug-likeness (QED) is 0.390. The molecule has 118 valence electrons. The van der Waals surface area contributed by atoms with Gasteiger partial charge in [0.15, 0.2) is 0 Å². The Morgan fingerprint density at radius 1 is 1.33 bits per heavy atom. The van der Waals surface area contributed by atoms with Crippen molar-refractivity contribution in [1.29, 1.82) is 0 Å². The number of halogens is 1. The number of ether oxygens (including phenoxy) is 2. The molecule has 0 saturated heterocycles. The molecule has 1 amide bonds. The molecule has 0 aromatic heterocycles. The number of hydrogen-bond donors (Lipinski definition) is 0. The van der Waals surface area contributed by atoms with Crippen LogP contribution in [0.1, 0.15) is 32.1 Å². The summed E-state index contributed by atoms with van der Waals surface area (Å²) in [6.45, 7) is 4.53. The van der Waals surface area contributed by atoms with Crippen LogP contribution in [-0.4, -0.2) is 31.9 Å². The first-order chi connectivity index (χ1) is 9.95. The second-order valence-electron chi connectivity index (χ2n) is 4.99. The van der Waals surface area contributed by atoms with Crippen molar-refractivity contribution in [3.8, 4) is 0 Å². The molecule has 0 N–H and O–H groups in total. The number of methoxy groups -OCH3 is 1. The molecule has 0 heterocycles. The monoisotopic (exact) mass is 407 g/mol. The first kappa shape index (κ1) is 18.2. The number of benzene rings is 1. The number of amides is 1. The summed E-state index contributed by atoms with van der Waals surface area (Å²) in [5, 5.41) is 1.07. The third-order valence-electron chi connectivity index (χ3n) is 2.80. The van der Waals surface area contributed by atoms with Crippen molar-refractivity contribution in [1.82, 2.24) is 5.06 Å².